The topological polar surface area (TPSA) is 58.6 Å². The lowest BCUT2D eigenvalue weighted by Gasteiger charge is -2.13. The summed E-state index contributed by atoms with van der Waals surface area (Å²) in [7, 11) is 1.45. The second kappa shape index (κ2) is 6.76. The van der Waals surface area contributed by atoms with Gasteiger partial charge in [0.25, 0.3) is 0 Å². The lowest BCUT2D eigenvalue weighted by molar-refractivity contribution is 0.412. The summed E-state index contributed by atoms with van der Waals surface area (Å²) in [4.78, 5) is 1.81. The van der Waals surface area contributed by atoms with E-state index in [-0.39, 0.29) is 21.5 Å². The number of rotatable bonds is 6. The summed E-state index contributed by atoms with van der Waals surface area (Å²) < 4.78 is 31.6. The molecule has 5 nitrogen and oxygen atoms in total. The van der Waals surface area contributed by atoms with Gasteiger partial charge in [0.2, 0.25) is 10.0 Å². The van der Waals surface area contributed by atoms with Crippen molar-refractivity contribution in [1.82, 2.24) is 9.62 Å². The van der Waals surface area contributed by atoms with Crippen LogP contribution in [0.3, 0.4) is 0 Å². The van der Waals surface area contributed by atoms with Crippen molar-refractivity contribution in [3.8, 4) is 5.75 Å². The first-order valence-corrected chi connectivity index (χ1v) is 7.69. The fourth-order valence-electron chi connectivity index (χ4n) is 1.35. The molecular weight excluding hydrogens is 311 g/mol. The maximum absolute atomic E-state index is 12.1. The number of ether oxygens (including phenoxy) is 1. The quantitative estimate of drug-likeness (QED) is 0.866. The van der Waals surface area contributed by atoms with Gasteiger partial charge in [0.1, 0.15) is 10.6 Å². The third-order valence-electron chi connectivity index (χ3n) is 2.35. The van der Waals surface area contributed by atoms with Gasteiger partial charge in [-0.15, -0.1) is 0 Å². The van der Waals surface area contributed by atoms with Gasteiger partial charge >= 0.3 is 0 Å². The van der Waals surface area contributed by atoms with E-state index < -0.39 is 10.0 Å². The highest BCUT2D eigenvalue weighted by Crippen LogP contribution is 2.33. The summed E-state index contributed by atoms with van der Waals surface area (Å²) >= 11 is 11.8. The Balaban J connectivity index is 2.98. The highest BCUT2D eigenvalue weighted by Gasteiger charge is 2.20. The lowest BCUT2D eigenvalue weighted by atomic mass is 10.3. The summed E-state index contributed by atoms with van der Waals surface area (Å²) in [5.74, 6) is 0.332. The average molecular weight is 327 g/mol. The van der Waals surface area contributed by atoms with Crippen LogP contribution in [0.15, 0.2) is 17.0 Å². The molecule has 0 amide bonds. The van der Waals surface area contributed by atoms with E-state index in [1.807, 2.05) is 19.0 Å². The van der Waals surface area contributed by atoms with Crippen LogP contribution in [0.25, 0.3) is 0 Å². The van der Waals surface area contributed by atoms with E-state index in [4.69, 9.17) is 27.9 Å². The van der Waals surface area contributed by atoms with Gasteiger partial charge in [0.05, 0.1) is 17.2 Å². The number of nitrogens with one attached hydrogen (secondary N) is 1. The molecule has 0 saturated carbocycles. The monoisotopic (exact) mass is 326 g/mol. The average Bonchev–Trinajstić information content (AvgIpc) is 2.30. The summed E-state index contributed by atoms with van der Waals surface area (Å²) in [6.07, 6.45) is 0. The van der Waals surface area contributed by atoms with E-state index in [1.165, 1.54) is 19.2 Å². The number of hydrogen-bond acceptors (Lipinski definition) is 4. The van der Waals surface area contributed by atoms with Crippen molar-refractivity contribution in [3.63, 3.8) is 0 Å². The van der Waals surface area contributed by atoms with E-state index in [9.17, 15) is 8.42 Å². The Morgan fingerprint density at radius 1 is 1.26 bits per heavy atom. The van der Waals surface area contributed by atoms with E-state index in [0.717, 1.165) is 0 Å². The molecule has 1 aromatic carbocycles. The van der Waals surface area contributed by atoms with Crippen LogP contribution in [0.4, 0.5) is 0 Å². The zero-order valence-corrected chi connectivity index (χ0v) is 13.2. The molecule has 1 rings (SSSR count). The zero-order chi connectivity index (χ0) is 14.6. The molecule has 1 N–H and O–H groups in total. The predicted octanol–water partition coefficient (Wildman–Crippen LogP) is 1.84. The Hall–Kier alpha value is -0.530. The first kappa shape index (κ1) is 16.5. The number of benzene rings is 1. The molecule has 108 valence electrons. The molecule has 0 bridgehead atoms. The Labute approximate surface area is 123 Å². The number of hydrogen-bond donors (Lipinski definition) is 1. The van der Waals surface area contributed by atoms with E-state index in [0.29, 0.717) is 12.3 Å². The van der Waals surface area contributed by atoms with Crippen LogP contribution in [0.2, 0.25) is 10.0 Å². The summed E-state index contributed by atoms with van der Waals surface area (Å²) in [5.41, 5.74) is 0. The van der Waals surface area contributed by atoms with Crippen LogP contribution in [0.1, 0.15) is 0 Å². The molecule has 0 unspecified atom stereocenters. The second-order valence-electron chi connectivity index (χ2n) is 4.12. The minimum absolute atomic E-state index is 0.0567. The Morgan fingerprint density at radius 2 is 1.89 bits per heavy atom. The van der Waals surface area contributed by atoms with Gasteiger partial charge in [-0.2, -0.15) is 0 Å². The van der Waals surface area contributed by atoms with Crippen molar-refractivity contribution in [2.24, 2.45) is 0 Å². The van der Waals surface area contributed by atoms with E-state index in [2.05, 4.69) is 4.72 Å². The van der Waals surface area contributed by atoms with Crippen LogP contribution in [0.5, 0.6) is 5.75 Å². The second-order valence-corrected chi connectivity index (χ2v) is 6.67. The number of nitrogens with zero attached hydrogens (tertiary/aromatic N) is 1. The smallest absolute Gasteiger partial charge is 0.242 e. The van der Waals surface area contributed by atoms with Crippen LogP contribution >= 0.6 is 23.2 Å². The van der Waals surface area contributed by atoms with Crippen LogP contribution < -0.4 is 9.46 Å². The van der Waals surface area contributed by atoms with Crippen LogP contribution in [-0.2, 0) is 10.0 Å². The molecule has 19 heavy (non-hydrogen) atoms. The Kier molecular flexibility index (Phi) is 5.88. The number of halogens is 2. The molecule has 0 spiro atoms. The molecule has 0 heterocycles. The maximum Gasteiger partial charge on any atom is 0.242 e. The third-order valence-corrected chi connectivity index (χ3v) is 4.57. The van der Waals surface area contributed by atoms with Crippen molar-refractivity contribution >= 4 is 33.2 Å². The van der Waals surface area contributed by atoms with Crippen molar-refractivity contribution < 1.29 is 13.2 Å². The first-order valence-electron chi connectivity index (χ1n) is 5.45. The van der Waals surface area contributed by atoms with E-state index in [1.54, 1.807) is 0 Å². The highest BCUT2D eigenvalue weighted by molar-refractivity contribution is 7.89. The standard InChI is InChI=1S/C11H16Cl2N2O3S/c1-15(2)5-4-14-19(16,17)11-7-8(12)10(18-3)6-9(11)13/h6-7,14H,4-5H2,1-3H3. The van der Waals surface area contributed by atoms with E-state index >= 15 is 0 Å². The minimum Gasteiger partial charge on any atom is -0.495 e. The van der Waals surface area contributed by atoms with Crippen LogP contribution in [0, 0.1) is 0 Å². The Bertz CT molecular complexity index is 547. The predicted molar refractivity (Wildman–Crippen MR) is 76.8 cm³/mol. The number of likely N-dealkylation sites (N-methyl/N-ethyl adjacent to an activating group) is 1. The molecule has 0 saturated heterocycles. The zero-order valence-electron chi connectivity index (χ0n) is 10.9. The third kappa shape index (κ3) is 4.50. The van der Waals surface area contributed by atoms with Gasteiger partial charge in [0.15, 0.2) is 0 Å². The molecule has 0 atom stereocenters. The fourth-order valence-corrected chi connectivity index (χ4v) is 3.22. The normalized spacial score (nSPS) is 11.9. The SMILES string of the molecule is COc1cc(Cl)c(S(=O)(=O)NCCN(C)C)cc1Cl. The molecule has 1 aromatic rings. The molecule has 0 fully saturated rings. The van der Waals surface area contributed by atoms with Crippen molar-refractivity contribution in [3.05, 3.63) is 22.2 Å². The molecule has 0 radical (unpaired) electrons. The Morgan fingerprint density at radius 3 is 2.42 bits per heavy atom. The fraction of sp³-hybridized carbons (Fsp3) is 0.455. The molecule has 0 aliphatic rings. The van der Waals surface area contributed by atoms with Crippen molar-refractivity contribution in [1.29, 1.82) is 0 Å². The number of sulfonamides is 1. The number of methoxy groups -OCH3 is 1. The van der Waals surface area contributed by atoms with Gasteiger partial charge in [-0.25, -0.2) is 13.1 Å². The maximum atomic E-state index is 12.1. The van der Waals surface area contributed by atoms with Gasteiger partial charge in [-0.3, -0.25) is 0 Å². The van der Waals surface area contributed by atoms with Gasteiger partial charge in [-0.1, -0.05) is 23.2 Å². The molecule has 0 aromatic heterocycles. The largest absolute Gasteiger partial charge is 0.495 e. The molecule has 0 aliphatic heterocycles. The first-order chi connectivity index (χ1) is 8.77. The lowest BCUT2D eigenvalue weighted by Crippen LogP contribution is -2.31. The van der Waals surface area contributed by atoms with Gasteiger partial charge in [0, 0.05) is 19.2 Å². The van der Waals surface area contributed by atoms with Gasteiger partial charge < -0.3 is 9.64 Å². The van der Waals surface area contributed by atoms with Crippen molar-refractivity contribution in [2.45, 2.75) is 4.90 Å². The summed E-state index contributed by atoms with van der Waals surface area (Å²) in [5, 5.41) is 0.262. The summed E-state index contributed by atoms with van der Waals surface area (Å²) in [6.45, 7) is 0.871. The molecular formula is C11H16Cl2N2O3S. The minimum atomic E-state index is -3.68. The summed E-state index contributed by atoms with van der Waals surface area (Å²) in [6, 6.07) is 2.66. The highest BCUT2D eigenvalue weighted by atomic mass is 35.5. The molecule has 8 heteroatoms. The van der Waals surface area contributed by atoms with Crippen LogP contribution in [-0.4, -0.2) is 47.6 Å². The molecule has 0 aliphatic carbocycles. The van der Waals surface area contributed by atoms with Crippen molar-refractivity contribution in [2.75, 3.05) is 34.3 Å². The van der Waals surface area contributed by atoms with Gasteiger partial charge in [-0.05, 0) is 20.2 Å².